The molecule has 15 heavy (non-hydrogen) atoms. The van der Waals surface area contributed by atoms with Crippen LogP contribution in [-0.2, 0) is 18.3 Å². The molecule has 0 aliphatic carbocycles. The molecule has 0 spiro atoms. The second-order valence-corrected chi connectivity index (χ2v) is 5.40. The summed E-state index contributed by atoms with van der Waals surface area (Å²) in [5, 5.41) is 9.05. The van der Waals surface area contributed by atoms with E-state index in [-0.39, 0.29) is 12.5 Å². The Labute approximate surface area is 93.1 Å². The Balaban J connectivity index is 3.52. The second kappa shape index (κ2) is 10.5. The highest BCUT2D eigenvalue weighted by Gasteiger charge is 2.12. The Kier molecular flexibility index (Phi) is 10.5. The van der Waals surface area contributed by atoms with Crippen molar-refractivity contribution in [3.63, 3.8) is 0 Å². The van der Waals surface area contributed by atoms with Gasteiger partial charge in [0, 0.05) is 40.5 Å². The maximum Gasteiger partial charge on any atom is 0.347 e. The van der Waals surface area contributed by atoms with Gasteiger partial charge < -0.3 is 23.4 Å². The standard InChI is InChI=1S/C9H22O5Si/c1-11-5-4-9(6-10)7-14-8-15(12-2)13-3/h9-10,15H,4-8H2,1-3H3. The van der Waals surface area contributed by atoms with Gasteiger partial charge in [-0.3, -0.25) is 0 Å². The highest BCUT2D eigenvalue weighted by atomic mass is 28.3. The SMILES string of the molecule is COCCC(CO)COC[SiH](OC)OC. The van der Waals surface area contributed by atoms with Crippen LogP contribution in [0.5, 0.6) is 0 Å². The molecule has 6 heteroatoms. The normalized spacial score (nSPS) is 13.4. The predicted octanol–water partition coefficient (Wildman–Crippen LogP) is -0.299. The van der Waals surface area contributed by atoms with Gasteiger partial charge in [-0.25, -0.2) is 0 Å². The molecule has 0 amide bonds. The first-order chi connectivity index (χ1) is 7.28. The van der Waals surface area contributed by atoms with Crippen LogP contribution >= 0.6 is 0 Å². The van der Waals surface area contributed by atoms with Gasteiger partial charge in [0.1, 0.15) is 0 Å². The zero-order valence-corrected chi connectivity index (χ0v) is 10.9. The predicted molar refractivity (Wildman–Crippen MR) is 59.1 cm³/mol. The Morgan fingerprint density at radius 3 is 2.33 bits per heavy atom. The van der Waals surface area contributed by atoms with Crippen molar-refractivity contribution < 1.29 is 23.4 Å². The minimum Gasteiger partial charge on any atom is -0.399 e. The lowest BCUT2D eigenvalue weighted by Crippen LogP contribution is -2.28. The summed E-state index contributed by atoms with van der Waals surface area (Å²) >= 11 is 0. The van der Waals surface area contributed by atoms with E-state index in [1.165, 1.54) is 0 Å². The summed E-state index contributed by atoms with van der Waals surface area (Å²) in [6.07, 6.45) is 1.32. The third-order valence-electron chi connectivity index (χ3n) is 2.12. The highest BCUT2D eigenvalue weighted by Crippen LogP contribution is 2.03. The van der Waals surface area contributed by atoms with E-state index in [9.17, 15) is 0 Å². The molecule has 0 saturated heterocycles. The molecule has 1 unspecified atom stereocenters. The summed E-state index contributed by atoms with van der Waals surface area (Å²) < 4.78 is 20.6. The van der Waals surface area contributed by atoms with Crippen molar-refractivity contribution in [2.24, 2.45) is 5.92 Å². The van der Waals surface area contributed by atoms with Crippen LogP contribution in [0.1, 0.15) is 6.42 Å². The second-order valence-electron chi connectivity index (χ2n) is 3.27. The van der Waals surface area contributed by atoms with Crippen molar-refractivity contribution in [1.29, 1.82) is 0 Å². The Bertz CT molecular complexity index is 132. The average molecular weight is 238 g/mol. The number of hydrogen-bond acceptors (Lipinski definition) is 5. The van der Waals surface area contributed by atoms with E-state index < -0.39 is 9.28 Å². The first kappa shape index (κ1) is 15.0. The van der Waals surface area contributed by atoms with Crippen molar-refractivity contribution >= 4 is 9.28 Å². The molecule has 1 N–H and O–H groups in total. The molecule has 0 radical (unpaired) electrons. The van der Waals surface area contributed by atoms with Gasteiger partial charge in [0.05, 0.1) is 12.8 Å². The molecule has 0 aromatic rings. The van der Waals surface area contributed by atoms with E-state index in [0.717, 1.165) is 6.42 Å². The lowest BCUT2D eigenvalue weighted by atomic mass is 10.1. The van der Waals surface area contributed by atoms with Gasteiger partial charge in [-0.2, -0.15) is 0 Å². The molecule has 0 aliphatic rings. The lowest BCUT2D eigenvalue weighted by Gasteiger charge is -2.16. The number of ether oxygens (including phenoxy) is 2. The van der Waals surface area contributed by atoms with Crippen molar-refractivity contribution in [1.82, 2.24) is 0 Å². The van der Waals surface area contributed by atoms with Crippen molar-refractivity contribution in [3.05, 3.63) is 0 Å². The molecular formula is C9H22O5Si. The summed E-state index contributed by atoms with van der Waals surface area (Å²) in [5.74, 6) is 0.133. The van der Waals surface area contributed by atoms with Gasteiger partial charge in [0.2, 0.25) is 0 Å². The lowest BCUT2D eigenvalue weighted by molar-refractivity contribution is 0.0635. The summed E-state index contributed by atoms with van der Waals surface area (Å²) in [4.78, 5) is 0. The van der Waals surface area contributed by atoms with E-state index in [1.807, 2.05) is 0 Å². The number of methoxy groups -OCH3 is 1. The number of aliphatic hydroxyl groups is 1. The van der Waals surface area contributed by atoms with Crippen molar-refractivity contribution in [2.45, 2.75) is 6.42 Å². The van der Waals surface area contributed by atoms with E-state index >= 15 is 0 Å². The zero-order chi connectivity index (χ0) is 11.5. The van der Waals surface area contributed by atoms with Crippen LogP contribution in [0.3, 0.4) is 0 Å². The quantitative estimate of drug-likeness (QED) is 0.530. The maximum atomic E-state index is 9.05. The van der Waals surface area contributed by atoms with Crippen LogP contribution in [0.2, 0.25) is 0 Å². The van der Waals surface area contributed by atoms with Gasteiger partial charge in [-0.1, -0.05) is 0 Å². The average Bonchev–Trinajstić information content (AvgIpc) is 2.28. The van der Waals surface area contributed by atoms with Crippen molar-refractivity contribution in [2.75, 3.05) is 47.4 Å². The Morgan fingerprint density at radius 1 is 1.20 bits per heavy atom. The molecule has 92 valence electrons. The first-order valence-electron chi connectivity index (χ1n) is 5.01. The van der Waals surface area contributed by atoms with Crippen LogP contribution in [0, 0.1) is 5.92 Å². The van der Waals surface area contributed by atoms with Crippen LogP contribution in [-0.4, -0.2) is 61.8 Å². The van der Waals surface area contributed by atoms with E-state index in [4.69, 9.17) is 23.4 Å². The largest absolute Gasteiger partial charge is 0.399 e. The minimum atomic E-state index is -1.62. The molecule has 1 atom stereocenters. The summed E-state index contributed by atoms with van der Waals surface area (Å²) in [6, 6.07) is 0. The van der Waals surface area contributed by atoms with Gasteiger partial charge in [0.15, 0.2) is 0 Å². The highest BCUT2D eigenvalue weighted by molar-refractivity contribution is 6.44. The zero-order valence-electron chi connectivity index (χ0n) is 9.77. The fraction of sp³-hybridized carbons (Fsp3) is 1.00. The fourth-order valence-electron chi connectivity index (χ4n) is 1.08. The molecule has 0 saturated carbocycles. The first-order valence-corrected chi connectivity index (χ1v) is 6.77. The third kappa shape index (κ3) is 7.89. The van der Waals surface area contributed by atoms with Crippen LogP contribution < -0.4 is 0 Å². The molecule has 0 aliphatic heterocycles. The molecule has 0 heterocycles. The molecule has 0 aromatic heterocycles. The van der Waals surface area contributed by atoms with E-state index in [1.54, 1.807) is 21.3 Å². The van der Waals surface area contributed by atoms with E-state index in [0.29, 0.717) is 19.4 Å². The monoisotopic (exact) mass is 238 g/mol. The Hall–Kier alpha value is 0.0169. The number of aliphatic hydroxyl groups excluding tert-OH is 1. The fourth-order valence-corrected chi connectivity index (χ4v) is 1.87. The van der Waals surface area contributed by atoms with Gasteiger partial charge in [0.25, 0.3) is 0 Å². The molecule has 0 fully saturated rings. The van der Waals surface area contributed by atoms with Gasteiger partial charge in [-0.15, -0.1) is 0 Å². The van der Waals surface area contributed by atoms with Crippen LogP contribution in [0.4, 0.5) is 0 Å². The molecular weight excluding hydrogens is 216 g/mol. The maximum absolute atomic E-state index is 9.05. The topological polar surface area (TPSA) is 57.2 Å². The van der Waals surface area contributed by atoms with E-state index in [2.05, 4.69) is 0 Å². The number of hydrogen-bond donors (Lipinski definition) is 1. The molecule has 0 aromatic carbocycles. The summed E-state index contributed by atoms with van der Waals surface area (Å²) in [5.41, 5.74) is 0. The number of rotatable bonds is 10. The van der Waals surface area contributed by atoms with Gasteiger partial charge in [-0.05, 0) is 6.42 Å². The molecule has 0 bridgehead atoms. The van der Waals surface area contributed by atoms with Crippen molar-refractivity contribution in [3.8, 4) is 0 Å². The smallest absolute Gasteiger partial charge is 0.347 e. The summed E-state index contributed by atoms with van der Waals surface area (Å²) in [7, 11) is 3.27. The van der Waals surface area contributed by atoms with Gasteiger partial charge >= 0.3 is 9.28 Å². The van der Waals surface area contributed by atoms with Crippen LogP contribution in [0.25, 0.3) is 0 Å². The minimum absolute atomic E-state index is 0.121. The molecule has 0 rings (SSSR count). The summed E-state index contributed by atoms with van der Waals surface area (Å²) in [6.45, 7) is 1.29. The molecule has 5 nitrogen and oxygen atoms in total. The Morgan fingerprint density at radius 2 is 1.87 bits per heavy atom. The third-order valence-corrected chi connectivity index (χ3v) is 3.68. The van der Waals surface area contributed by atoms with Crippen LogP contribution in [0.15, 0.2) is 0 Å².